The van der Waals surface area contributed by atoms with Crippen molar-refractivity contribution >= 4 is 5.97 Å². The minimum absolute atomic E-state index is 0.00913. The Kier molecular flexibility index (Phi) is 6.60. The van der Waals surface area contributed by atoms with Crippen LogP contribution in [-0.4, -0.2) is 30.3 Å². The molecule has 0 aliphatic rings. The monoisotopic (exact) mass is 334 g/mol. The van der Waals surface area contributed by atoms with Crippen molar-refractivity contribution in [1.29, 1.82) is 0 Å². The fourth-order valence-corrected chi connectivity index (χ4v) is 2.28. The zero-order valence-corrected chi connectivity index (χ0v) is 14.2. The molecule has 7 nitrogen and oxygen atoms in total. The van der Waals surface area contributed by atoms with Crippen LogP contribution < -0.4 is 9.47 Å². The van der Waals surface area contributed by atoms with Crippen LogP contribution >= 0.6 is 0 Å². The van der Waals surface area contributed by atoms with Gasteiger partial charge in [-0.2, -0.15) is 4.98 Å². The summed E-state index contributed by atoms with van der Waals surface area (Å²) in [6.07, 6.45) is 2.39. The molecule has 0 unspecified atom stereocenters. The first-order valence-corrected chi connectivity index (χ1v) is 7.84. The normalized spacial score (nSPS) is 10.5. The summed E-state index contributed by atoms with van der Waals surface area (Å²) < 4.78 is 20.8. The van der Waals surface area contributed by atoms with Crippen molar-refractivity contribution in [3.05, 3.63) is 35.5 Å². The minimum Gasteiger partial charge on any atom is -0.493 e. The highest BCUT2D eigenvalue weighted by Crippen LogP contribution is 2.31. The Bertz CT molecular complexity index is 669. The standard InChI is InChI=1S/C17H22N2O5/c1-4-6-14-18-15(24-19-14)11-23-16(20)10-9-12-7-5-8-13(21-2)17(12)22-3/h5,7-8H,4,6,9-11H2,1-3H3. The summed E-state index contributed by atoms with van der Waals surface area (Å²) in [6.45, 7) is 2.02. The van der Waals surface area contributed by atoms with Gasteiger partial charge in [-0.15, -0.1) is 0 Å². The molecule has 0 radical (unpaired) electrons. The molecule has 1 heterocycles. The van der Waals surface area contributed by atoms with E-state index in [9.17, 15) is 4.79 Å². The second kappa shape index (κ2) is 8.90. The van der Waals surface area contributed by atoms with Gasteiger partial charge in [0.15, 0.2) is 23.9 Å². The van der Waals surface area contributed by atoms with E-state index < -0.39 is 0 Å². The van der Waals surface area contributed by atoms with Crippen LogP contribution in [0.3, 0.4) is 0 Å². The number of benzene rings is 1. The number of aryl methyl sites for hydroxylation is 2. The molecule has 0 saturated carbocycles. The summed E-state index contributed by atoms with van der Waals surface area (Å²) in [5.41, 5.74) is 0.886. The quantitative estimate of drug-likeness (QED) is 0.652. The zero-order chi connectivity index (χ0) is 17.4. The van der Waals surface area contributed by atoms with Gasteiger partial charge in [-0.3, -0.25) is 4.79 Å². The van der Waals surface area contributed by atoms with Crippen LogP contribution in [0, 0.1) is 0 Å². The number of nitrogens with zero attached hydrogens (tertiary/aromatic N) is 2. The molecular weight excluding hydrogens is 312 g/mol. The van der Waals surface area contributed by atoms with E-state index in [1.165, 1.54) is 0 Å². The summed E-state index contributed by atoms with van der Waals surface area (Å²) in [7, 11) is 3.15. The third-order valence-corrected chi connectivity index (χ3v) is 3.42. The largest absolute Gasteiger partial charge is 0.493 e. The summed E-state index contributed by atoms with van der Waals surface area (Å²) in [6, 6.07) is 5.56. The van der Waals surface area contributed by atoms with Gasteiger partial charge in [-0.25, -0.2) is 0 Å². The molecule has 0 aliphatic carbocycles. The highest BCUT2D eigenvalue weighted by atomic mass is 16.6. The van der Waals surface area contributed by atoms with Crippen LogP contribution in [0.2, 0.25) is 0 Å². The second-order valence-corrected chi connectivity index (χ2v) is 5.17. The summed E-state index contributed by atoms with van der Waals surface area (Å²) in [5, 5.41) is 3.81. The van der Waals surface area contributed by atoms with E-state index in [0.717, 1.165) is 18.4 Å². The molecule has 0 fully saturated rings. The van der Waals surface area contributed by atoms with Crippen LogP contribution in [0.15, 0.2) is 22.7 Å². The van der Waals surface area contributed by atoms with Crippen molar-refractivity contribution in [1.82, 2.24) is 10.1 Å². The molecule has 7 heteroatoms. The predicted molar refractivity (Wildman–Crippen MR) is 86.0 cm³/mol. The lowest BCUT2D eigenvalue weighted by molar-refractivity contribution is -0.145. The number of rotatable bonds is 9. The van der Waals surface area contributed by atoms with Gasteiger partial charge in [0, 0.05) is 12.8 Å². The van der Waals surface area contributed by atoms with Crippen molar-refractivity contribution in [2.45, 2.75) is 39.2 Å². The lowest BCUT2D eigenvalue weighted by Crippen LogP contribution is -2.07. The average molecular weight is 334 g/mol. The van der Waals surface area contributed by atoms with E-state index in [1.54, 1.807) is 14.2 Å². The maximum atomic E-state index is 11.9. The van der Waals surface area contributed by atoms with Crippen LogP contribution in [0.4, 0.5) is 0 Å². The second-order valence-electron chi connectivity index (χ2n) is 5.17. The van der Waals surface area contributed by atoms with Gasteiger partial charge in [-0.1, -0.05) is 24.2 Å². The fourth-order valence-electron chi connectivity index (χ4n) is 2.28. The number of esters is 1. The lowest BCUT2D eigenvalue weighted by Gasteiger charge is -2.12. The molecule has 0 N–H and O–H groups in total. The van der Waals surface area contributed by atoms with Gasteiger partial charge in [0.2, 0.25) is 0 Å². The van der Waals surface area contributed by atoms with E-state index in [-0.39, 0.29) is 19.0 Å². The average Bonchev–Trinajstić information content (AvgIpc) is 3.05. The first-order valence-electron chi connectivity index (χ1n) is 7.84. The highest BCUT2D eigenvalue weighted by molar-refractivity contribution is 5.70. The molecule has 2 rings (SSSR count). The van der Waals surface area contributed by atoms with Crippen LogP contribution in [0.25, 0.3) is 0 Å². The van der Waals surface area contributed by atoms with E-state index in [4.69, 9.17) is 18.7 Å². The van der Waals surface area contributed by atoms with Crippen molar-refractivity contribution < 1.29 is 23.5 Å². The van der Waals surface area contributed by atoms with E-state index in [2.05, 4.69) is 10.1 Å². The maximum absolute atomic E-state index is 11.9. The van der Waals surface area contributed by atoms with Crippen molar-refractivity contribution in [2.75, 3.05) is 14.2 Å². The van der Waals surface area contributed by atoms with Crippen LogP contribution in [0.1, 0.15) is 37.0 Å². The third kappa shape index (κ3) is 4.71. The number of ether oxygens (including phenoxy) is 3. The van der Waals surface area contributed by atoms with Gasteiger partial charge in [0.25, 0.3) is 5.89 Å². The Balaban J connectivity index is 1.84. The molecule has 0 saturated heterocycles. The Labute approximate surface area is 140 Å². The Morgan fingerprint density at radius 1 is 1.21 bits per heavy atom. The number of carbonyl (C=O) groups excluding carboxylic acids is 1. The lowest BCUT2D eigenvalue weighted by atomic mass is 10.1. The van der Waals surface area contributed by atoms with Crippen molar-refractivity contribution in [2.24, 2.45) is 0 Å². The van der Waals surface area contributed by atoms with E-state index in [1.807, 2.05) is 25.1 Å². The molecule has 1 aromatic heterocycles. The summed E-state index contributed by atoms with van der Waals surface area (Å²) in [5.74, 6) is 1.87. The number of hydrogen-bond donors (Lipinski definition) is 0. The van der Waals surface area contributed by atoms with Crippen molar-refractivity contribution in [3.63, 3.8) is 0 Å². The van der Waals surface area contributed by atoms with E-state index in [0.29, 0.717) is 29.6 Å². The number of carbonyl (C=O) groups is 1. The van der Waals surface area contributed by atoms with Gasteiger partial charge in [0.1, 0.15) is 0 Å². The molecule has 0 aliphatic heterocycles. The Hall–Kier alpha value is -2.57. The molecular formula is C17H22N2O5. The summed E-state index contributed by atoms with van der Waals surface area (Å²) >= 11 is 0. The first-order chi connectivity index (χ1) is 11.7. The number of para-hydroxylation sites is 1. The molecule has 0 bridgehead atoms. The molecule has 0 atom stereocenters. The molecule has 0 amide bonds. The third-order valence-electron chi connectivity index (χ3n) is 3.42. The SMILES string of the molecule is CCCc1noc(COC(=O)CCc2cccc(OC)c2OC)n1. The Morgan fingerprint density at radius 3 is 2.75 bits per heavy atom. The maximum Gasteiger partial charge on any atom is 0.306 e. The van der Waals surface area contributed by atoms with Gasteiger partial charge in [0.05, 0.1) is 14.2 Å². The predicted octanol–water partition coefficient (Wildman–Crippen LogP) is 2.72. The van der Waals surface area contributed by atoms with E-state index >= 15 is 0 Å². The number of hydrogen-bond acceptors (Lipinski definition) is 7. The Morgan fingerprint density at radius 2 is 2.04 bits per heavy atom. The fraction of sp³-hybridized carbons (Fsp3) is 0.471. The van der Waals surface area contributed by atoms with Crippen molar-refractivity contribution in [3.8, 4) is 11.5 Å². The number of methoxy groups -OCH3 is 2. The molecule has 2 aromatic rings. The topological polar surface area (TPSA) is 83.7 Å². The molecule has 0 spiro atoms. The van der Waals surface area contributed by atoms with Gasteiger partial charge in [-0.05, 0) is 24.5 Å². The molecule has 1 aromatic carbocycles. The highest BCUT2D eigenvalue weighted by Gasteiger charge is 2.13. The minimum atomic E-state index is -0.338. The van der Waals surface area contributed by atoms with Gasteiger partial charge >= 0.3 is 5.97 Å². The smallest absolute Gasteiger partial charge is 0.306 e. The molecule has 24 heavy (non-hydrogen) atoms. The van der Waals surface area contributed by atoms with Gasteiger partial charge < -0.3 is 18.7 Å². The number of aromatic nitrogens is 2. The zero-order valence-electron chi connectivity index (χ0n) is 14.2. The molecule has 130 valence electrons. The van der Waals surface area contributed by atoms with Crippen LogP contribution in [0.5, 0.6) is 11.5 Å². The summed E-state index contributed by atoms with van der Waals surface area (Å²) in [4.78, 5) is 16.0. The first kappa shape index (κ1) is 17.8. The van der Waals surface area contributed by atoms with Crippen LogP contribution in [-0.2, 0) is 29.0 Å².